The maximum atomic E-state index is 12.0. The highest BCUT2D eigenvalue weighted by Crippen LogP contribution is 2.21. The molecule has 2 aromatic rings. The fourth-order valence-corrected chi connectivity index (χ4v) is 2.45. The molecule has 1 amide bonds. The molecule has 1 unspecified atom stereocenters. The number of carbonyl (C=O) groups excluding carboxylic acids is 1. The maximum Gasteiger partial charge on any atom is 0.257 e. The number of nitrogens with zero attached hydrogens (tertiary/aromatic N) is 1. The van der Waals surface area contributed by atoms with Gasteiger partial charge in [-0.2, -0.15) is 0 Å². The van der Waals surface area contributed by atoms with Crippen molar-refractivity contribution in [2.45, 2.75) is 19.9 Å². The quantitative estimate of drug-likeness (QED) is 0.673. The third-order valence-electron chi connectivity index (χ3n) is 2.84. The lowest BCUT2D eigenvalue weighted by Gasteiger charge is -2.08. The van der Waals surface area contributed by atoms with Crippen LogP contribution in [0.15, 0.2) is 46.8 Å². The number of aliphatic imine (C=N–C) groups is 1. The zero-order valence-electron chi connectivity index (χ0n) is 11.5. The van der Waals surface area contributed by atoms with Crippen LogP contribution >= 0.6 is 11.3 Å². The first-order valence-corrected chi connectivity index (χ1v) is 7.19. The van der Waals surface area contributed by atoms with Crippen LogP contribution in [0.25, 0.3) is 0 Å². The van der Waals surface area contributed by atoms with Crippen molar-refractivity contribution in [2.75, 3.05) is 0 Å². The van der Waals surface area contributed by atoms with Crippen molar-refractivity contribution in [1.29, 1.82) is 0 Å². The van der Waals surface area contributed by atoms with E-state index in [1.807, 2.05) is 43.5 Å². The highest BCUT2D eigenvalue weighted by Gasteiger charge is 2.09. The molecule has 1 atom stereocenters. The first-order valence-electron chi connectivity index (χ1n) is 6.31. The van der Waals surface area contributed by atoms with Gasteiger partial charge in [0.15, 0.2) is 5.96 Å². The van der Waals surface area contributed by atoms with E-state index in [-0.39, 0.29) is 17.9 Å². The van der Waals surface area contributed by atoms with E-state index in [2.05, 4.69) is 10.3 Å². The fourth-order valence-electron chi connectivity index (χ4n) is 1.73. The van der Waals surface area contributed by atoms with Gasteiger partial charge in [0.25, 0.3) is 5.91 Å². The molecule has 0 aliphatic rings. The summed E-state index contributed by atoms with van der Waals surface area (Å²) in [5.74, 6) is -0.110. The Bertz CT molecular complexity index is 603. The summed E-state index contributed by atoms with van der Waals surface area (Å²) >= 11 is 1.61. The van der Waals surface area contributed by atoms with Crippen LogP contribution in [0.2, 0.25) is 0 Å². The number of amides is 1. The molecule has 104 valence electrons. The van der Waals surface area contributed by atoms with Crippen molar-refractivity contribution in [2.24, 2.45) is 10.7 Å². The molecular weight excluding hydrogens is 270 g/mol. The van der Waals surface area contributed by atoms with Gasteiger partial charge in [0, 0.05) is 10.4 Å². The molecule has 0 aliphatic heterocycles. The average Bonchev–Trinajstić information content (AvgIpc) is 2.93. The van der Waals surface area contributed by atoms with Crippen molar-refractivity contribution < 1.29 is 4.79 Å². The molecule has 20 heavy (non-hydrogen) atoms. The van der Waals surface area contributed by atoms with Gasteiger partial charge in [-0.05, 0) is 37.4 Å². The van der Waals surface area contributed by atoms with Gasteiger partial charge in [-0.3, -0.25) is 10.1 Å². The second kappa shape index (κ2) is 6.34. The molecule has 0 spiro atoms. The lowest BCUT2D eigenvalue weighted by atomic mass is 10.1. The summed E-state index contributed by atoms with van der Waals surface area (Å²) < 4.78 is 0. The molecule has 2 rings (SSSR count). The molecule has 0 bridgehead atoms. The second-order valence-electron chi connectivity index (χ2n) is 4.53. The van der Waals surface area contributed by atoms with Crippen LogP contribution in [0.4, 0.5) is 0 Å². The second-order valence-corrected chi connectivity index (χ2v) is 5.51. The van der Waals surface area contributed by atoms with Crippen LogP contribution in [-0.4, -0.2) is 11.9 Å². The van der Waals surface area contributed by atoms with E-state index >= 15 is 0 Å². The van der Waals surface area contributed by atoms with E-state index in [1.165, 1.54) is 0 Å². The number of hydrogen-bond donors (Lipinski definition) is 2. The Morgan fingerprint density at radius 1 is 1.30 bits per heavy atom. The maximum absolute atomic E-state index is 12.0. The van der Waals surface area contributed by atoms with E-state index in [0.717, 1.165) is 10.4 Å². The summed E-state index contributed by atoms with van der Waals surface area (Å²) in [6.45, 7) is 3.91. The van der Waals surface area contributed by atoms with Crippen LogP contribution in [0, 0.1) is 6.92 Å². The summed E-state index contributed by atoms with van der Waals surface area (Å²) in [5.41, 5.74) is 7.44. The summed E-state index contributed by atoms with van der Waals surface area (Å²) in [4.78, 5) is 17.3. The molecule has 4 nitrogen and oxygen atoms in total. The average molecular weight is 287 g/mol. The number of nitrogens with one attached hydrogen (secondary N) is 1. The van der Waals surface area contributed by atoms with Gasteiger partial charge < -0.3 is 5.73 Å². The van der Waals surface area contributed by atoms with E-state index < -0.39 is 0 Å². The Labute approximate surface area is 122 Å². The zero-order chi connectivity index (χ0) is 14.5. The first-order chi connectivity index (χ1) is 9.56. The molecule has 3 N–H and O–H groups in total. The predicted molar refractivity (Wildman–Crippen MR) is 83.0 cm³/mol. The highest BCUT2D eigenvalue weighted by molar-refractivity contribution is 7.10. The number of rotatable bonds is 3. The third-order valence-corrected chi connectivity index (χ3v) is 3.89. The van der Waals surface area contributed by atoms with Gasteiger partial charge in [0.2, 0.25) is 0 Å². The van der Waals surface area contributed by atoms with Crippen LogP contribution in [0.5, 0.6) is 0 Å². The minimum Gasteiger partial charge on any atom is -0.370 e. The number of aryl methyl sites for hydroxylation is 1. The van der Waals surface area contributed by atoms with Crippen LogP contribution in [-0.2, 0) is 0 Å². The summed E-state index contributed by atoms with van der Waals surface area (Å²) in [7, 11) is 0. The Morgan fingerprint density at radius 3 is 2.60 bits per heavy atom. The Hall–Kier alpha value is -2.14. The number of guanidine groups is 1. The molecule has 1 aromatic carbocycles. The molecule has 0 radical (unpaired) electrons. The summed E-state index contributed by atoms with van der Waals surface area (Å²) in [5, 5.41) is 4.59. The Kier molecular flexibility index (Phi) is 4.53. The lowest BCUT2D eigenvalue weighted by Crippen LogP contribution is -2.37. The van der Waals surface area contributed by atoms with E-state index in [4.69, 9.17) is 5.73 Å². The Balaban J connectivity index is 2.02. The molecule has 1 heterocycles. The molecular formula is C15H17N3OS. The Morgan fingerprint density at radius 2 is 2.00 bits per heavy atom. The predicted octanol–water partition coefficient (Wildman–Crippen LogP) is 2.86. The summed E-state index contributed by atoms with van der Waals surface area (Å²) in [6, 6.07) is 11.2. The van der Waals surface area contributed by atoms with E-state index in [9.17, 15) is 4.79 Å². The molecule has 0 fully saturated rings. The van der Waals surface area contributed by atoms with Gasteiger partial charge in [-0.15, -0.1) is 11.3 Å². The van der Waals surface area contributed by atoms with Crippen molar-refractivity contribution in [3.8, 4) is 0 Å². The van der Waals surface area contributed by atoms with Crippen LogP contribution < -0.4 is 11.1 Å². The standard InChI is InChI=1S/C15H17N3OS/c1-10-5-7-12(8-6-10)14(19)18-15(16)17-11(2)13-4-3-9-20-13/h3-9,11H,1-2H3,(H3,16,17,18,19). The number of hydrogen-bond acceptors (Lipinski definition) is 3. The van der Waals surface area contributed by atoms with Gasteiger partial charge in [0.1, 0.15) is 0 Å². The first kappa shape index (κ1) is 14.3. The largest absolute Gasteiger partial charge is 0.370 e. The van der Waals surface area contributed by atoms with Gasteiger partial charge >= 0.3 is 0 Å². The molecule has 0 saturated carbocycles. The minimum absolute atomic E-state index is 0.0617. The summed E-state index contributed by atoms with van der Waals surface area (Å²) in [6.07, 6.45) is 0. The van der Waals surface area contributed by atoms with Crippen molar-refractivity contribution >= 4 is 23.2 Å². The SMILES string of the molecule is Cc1ccc(C(=O)NC(N)=NC(C)c2cccs2)cc1. The molecule has 1 aromatic heterocycles. The van der Waals surface area contributed by atoms with Crippen molar-refractivity contribution in [3.05, 3.63) is 57.8 Å². The van der Waals surface area contributed by atoms with E-state index in [0.29, 0.717) is 5.56 Å². The van der Waals surface area contributed by atoms with Gasteiger partial charge in [-0.25, -0.2) is 4.99 Å². The normalized spacial score (nSPS) is 13.0. The van der Waals surface area contributed by atoms with Gasteiger partial charge in [-0.1, -0.05) is 23.8 Å². The zero-order valence-corrected chi connectivity index (χ0v) is 12.3. The monoisotopic (exact) mass is 287 g/mol. The lowest BCUT2D eigenvalue weighted by molar-refractivity contribution is 0.0976. The third kappa shape index (κ3) is 3.68. The number of nitrogens with two attached hydrogens (primary N) is 1. The topological polar surface area (TPSA) is 67.5 Å². The van der Waals surface area contributed by atoms with Crippen LogP contribution in [0.3, 0.4) is 0 Å². The number of thiophene rings is 1. The van der Waals surface area contributed by atoms with Crippen molar-refractivity contribution in [1.82, 2.24) is 5.32 Å². The minimum atomic E-state index is -0.246. The smallest absolute Gasteiger partial charge is 0.257 e. The number of benzene rings is 1. The molecule has 0 aliphatic carbocycles. The fraction of sp³-hybridized carbons (Fsp3) is 0.200. The van der Waals surface area contributed by atoms with Crippen LogP contribution in [0.1, 0.15) is 33.8 Å². The molecule has 0 saturated heterocycles. The molecule has 5 heteroatoms. The van der Waals surface area contributed by atoms with Crippen molar-refractivity contribution in [3.63, 3.8) is 0 Å². The van der Waals surface area contributed by atoms with E-state index in [1.54, 1.807) is 23.5 Å². The van der Waals surface area contributed by atoms with Gasteiger partial charge in [0.05, 0.1) is 6.04 Å². The number of carbonyl (C=O) groups is 1. The highest BCUT2D eigenvalue weighted by atomic mass is 32.1.